The van der Waals surface area contributed by atoms with Crippen LogP contribution in [0.2, 0.25) is 0 Å². The summed E-state index contributed by atoms with van der Waals surface area (Å²) in [7, 11) is 4.15. The van der Waals surface area contributed by atoms with Gasteiger partial charge in [0.15, 0.2) is 5.78 Å². The maximum Gasteiger partial charge on any atom is 0.153 e. The van der Waals surface area contributed by atoms with E-state index in [0.717, 1.165) is 44.6 Å². The predicted octanol–water partition coefficient (Wildman–Crippen LogP) is 3.42. The number of hydrogen-bond acceptors (Lipinski definition) is 3. The zero-order valence-corrected chi connectivity index (χ0v) is 13.5. The Labute approximate surface area is 124 Å². The largest absolute Gasteiger partial charge is 0.378 e. The molecule has 1 saturated carbocycles. The molecule has 0 aromatic heterocycles. The molecule has 0 bridgehead atoms. The van der Waals surface area contributed by atoms with Crippen molar-refractivity contribution in [1.82, 2.24) is 4.90 Å². The molecule has 0 radical (unpaired) electrons. The summed E-state index contributed by atoms with van der Waals surface area (Å²) >= 11 is 0. The highest BCUT2D eigenvalue weighted by Crippen LogP contribution is 2.37. The Morgan fingerprint density at radius 2 is 1.95 bits per heavy atom. The number of rotatable bonds is 6. The lowest BCUT2D eigenvalue weighted by atomic mass is 9.73. The first-order valence-corrected chi connectivity index (χ1v) is 8.37. The molecule has 0 spiro atoms. The highest BCUT2D eigenvalue weighted by atomic mass is 16.5. The molecule has 1 unspecified atom stereocenters. The molecule has 1 atom stereocenters. The molecule has 2 fully saturated rings. The standard InChI is InChI=1S/C17H31NO2/c1-14-9-11-17(12-10-14,18(2)3)16(19)8-4-6-15-7-5-13-20-15/h14-15H,4-13H2,1-3H3. The Hall–Kier alpha value is -0.410. The van der Waals surface area contributed by atoms with Crippen molar-refractivity contribution in [3.63, 3.8) is 0 Å². The van der Waals surface area contributed by atoms with Crippen molar-refractivity contribution in [3.05, 3.63) is 0 Å². The van der Waals surface area contributed by atoms with E-state index < -0.39 is 0 Å². The summed E-state index contributed by atoms with van der Waals surface area (Å²) < 4.78 is 5.65. The first-order valence-electron chi connectivity index (χ1n) is 8.37. The molecule has 1 heterocycles. The lowest BCUT2D eigenvalue weighted by molar-refractivity contribution is -0.132. The van der Waals surface area contributed by atoms with Gasteiger partial charge in [-0.3, -0.25) is 9.69 Å². The minimum Gasteiger partial charge on any atom is -0.378 e. The van der Waals surface area contributed by atoms with Crippen molar-refractivity contribution in [2.45, 2.75) is 76.4 Å². The van der Waals surface area contributed by atoms with E-state index in [9.17, 15) is 4.79 Å². The topological polar surface area (TPSA) is 29.5 Å². The van der Waals surface area contributed by atoms with Crippen molar-refractivity contribution in [2.24, 2.45) is 5.92 Å². The van der Waals surface area contributed by atoms with Gasteiger partial charge >= 0.3 is 0 Å². The number of nitrogens with zero attached hydrogens (tertiary/aromatic N) is 1. The number of ketones is 1. The van der Waals surface area contributed by atoms with Gasteiger partial charge in [-0.25, -0.2) is 0 Å². The summed E-state index contributed by atoms with van der Waals surface area (Å²) in [5, 5.41) is 0. The molecule has 3 nitrogen and oxygen atoms in total. The molecule has 0 aromatic carbocycles. The van der Waals surface area contributed by atoms with Crippen LogP contribution in [-0.4, -0.2) is 43.0 Å². The zero-order chi connectivity index (χ0) is 14.6. The van der Waals surface area contributed by atoms with Gasteiger partial charge in [-0.05, 0) is 71.4 Å². The van der Waals surface area contributed by atoms with Crippen LogP contribution in [0.15, 0.2) is 0 Å². The lowest BCUT2D eigenvalue weighted by Gasteiger charge is -2.43. The van der Waals surface area contributed by atoms with Gasteiger partial charge in [0.05, 0.1) is 11.6 Å². The minimum atomic E-state index is -0.178. The molecular formula is C17H31NO2. The maximum absolute atomic E-state index is 12.8. The number of hydrogen-bond donors (Lipinski definition) is 0. The number of likely N-dealkylation sites (N-methyl/N-ethyl adjacent to an activating group) is 1. The summed E-state index contributed by atoms with van der Waals surface area (Å²) in [6, 6.07) is 0. The first-order chi connectivity index (χ1) is 9.54. The fraction of sp³-hybridized carbons (Fsp3) is 0.941. The maximum atomic E-state index is 12.8. The third-order valence-electron chi connectivity index (χ3n) is 5.43. The fourth-order valence-corrected chi connectivity index (χ4v) is 3.81. The van der Waals surface area contributed by atoms with Gasteiger partial charge in [-0.15, -0.1) is 0 Å². The SMILES string of the molecule is CC1CCC(C(=O)CCCC2CCCO2)(N(C)C)CC1. The van der Waals surface area contributed by atoms with Crippen molar-refractivity contribution in [3.8, 4) is 0 Å². The number of carbonyl (C=O) groups excluding carboxylic acids is 1. The molecule has 1 aliphatic carbocycles. The second kappa shape index (κ2) is 7.04. The van der Waals surface area contributed by atoms with Crippen LogP contribution in [0.5, 0.6) is 0 Å². The van der Waals surface area contributed by atoms with Gasteiger partial charge < -0.3 is 4.74 Å². The van der Waals surface area contributed by atoms with Crippen LogP contribution in [0.25, 0.3) is 0 Å². The normalized spacial score (nSPS) is 34.6. The Morgan fingerprint density at radius 3 is 2.50 bits per heavy atom. The van der Waals surface area contributed by atoms with Crippen LogP contribution in [0, 0.1) is 5.92 Å². The second-order valence-electron chi connectivity index (χ2n) is 7.06. The van der Waals surface area contributed by atoms with E-state index in [4.69, 9.17) is 4.74 Å². The van der Waals surface area contributed by atoms with Crippen LogP contribution in [0.3, 0.4) is 0 Å². The summed E-state index contributed by atoms with van der Waals surface area (Å²) in [5.41, 5.74) is -0.178. The van der Waals surface area contributed by atoms with E-state index in [0.29, 0.717) is 11.9 Å². The molecule has 2 aliphatic rings. The average Bonchev–Trinajstić information content (AvgIpc) is 2.92. The molecule has 3 heteroatoms. The van der Waals surface area contributed by atoms with Gasteiger partial charge in [0, 0.05) is 13.0 Å². The molecule has 116 valence electrons. The Morgan fingerprint density at radius 1 is 1.25 bits per heavy atom. The smallest absolute Gasteiger partial charge is 0.153 e. The van der Waals surface area contributed by atoms with Crippen molar-refractivity contribution in [1.29, 1.82) is 0 Å². The Bertz CT molecular complexity index is 313. The van der Waals surface area contributed by atoms with Crippen molar-refractivity contribution < 1.29 is 9.53 Å². The summed E-state index contributed by atoms with van der Waals surface area (Å²) in [4.78, 5) is 14.9. The van der Waals surface area contributed by atoms with Crippen LogP contribution >= 0.6 is 0 Å². The van der Waals surface area contributed by atoms with E-state index in [-0.39, 0.29) is 5.54 Å². The molecule has 1 aliphatic heterocycles. The third-order valence-corrected chi connectivity index (χ3v) is 5.43. The van der Waals surface area contributed by atoms with Crippen LogP contribution in [-0.2, 0) is 9.53 Å². The monoisotopic (exact) mass is 281 g/mol. The summed E-state index contributed by atoms with van der Waals surface area (Å²) in [6.45, 7) is 3.22. The molecule has 20 heavy (non-hydrogen) atoms. The van der Waals surface area contributed by atoms with Crippen molar-refractivity contribution >= 4 is 5.78 Å². The van der Waals surface area contributed by atoms with Gasteiger partial charge in [0.1, 0.15) is 0 Å². The third kappa shape index (κ3) is 3.62. The van der Waals surface area contributed by atoms with Crippen LogP contribution in [0.1, 0.15) is 64.7 Å². The van der Waals surface area contributed by atoms with Gasteiger partial charge in [-0.2, -0.15) is 0 Å². The van der Waals surface area contributed by atoms with Gasteiger partial charge in [0.25, 0.3) is 0 Å². The molecule has 0 aromatic rings. The van der Waals surface area contributed by atoms with Gasteiger partial charge in [-0.1, -0.05) is 6.92 Å². The van der Waals surface area contributed by atoms with E-state index in [1.807, 2.05) is 0 Å². The minimum absolute atomic E-state index is 0.178. The summed E-state index contributed by atoms with van der Waals surface area (Å²) in [5.74, 6) is 1.25. The molecular weight excluding hydrogens is 250 g/mol. The first kappa shape index (κ1) is 16.0. The predicted molar refractivity (Wildman–Crippen MR) is 81.9 cm³/mol. The highest BCUT2D eigenvalue weighted by Gasteiger charge is 2.41. The van der Waals surface area contributed by atoms with E-state index in [1.54, 1.807) is 0 Å². The number of Topliss-reactive ketones (excluding diaryl/α,β-unsaturated/α-hetero) is 1. The Balaban J connectivity index is 1.83. The second-order valence-corrected chi connectivity index (χ2v) is 7.06. The molecule has 1 saturated heterocycles. The fourth-order valence-electron chi connectivity index (χ4n) is 3.81. The van der Waals surface area contributed by atoms with E-state index in [2.05, 4.69) is 25.9 Å². The van der Waals surface area contributed by atoms with Crippen molar-refractivity contribution in [2.75, 3.05) is 20.7 Å². The zero-order valence-electron chi connectivity index (χ0n) is 13.5. The van der Waals surface area contributed by atoms with Crippen LogP contribution < -0.4 is 0 Å². The molecule has 0 N–H and O–H groups in total. The summed E-state index contributed by atoms with van der Waals surface area (Å²) in [6.07, 6.45) is 10.0. The number of carbonyl (C=O) groups is 1. The van der Waals surface area contributed by atoms with Gasteiger partial charge in [0.2, 0.25) is 0 Å². The highest BCUT2D eigenvalue weighted by molar-refractivity contribution is 5.88. The average molecular weight is 281 g/mol. The Kier molecular flexibility index (Phi) is 5.62. The number of ether oxygens (including phenoxy) is 1. The molecule has 0 amide bonds. The molecule has 2 rings (SSSR count). The van der Waals surface area contributed by atoms with Crippen LogP contribution in [0.4, 0.5) is 0 Å². The lowest BCUT2D eigenvalue weighted by Crippen LogP contribution is -2.53. The quantitative estimate of drug-likeness (QED) is 0.747. The van der Waals surface area contributed by atoms with E-state index in [1.165, 1.54) is 25.7 Å². The van der Waals surface area contributed by atoms with E-state index >= 15 is 0 Å².